The molecule has 7 aliphatic heterocycles. The summed E-state index contributed by atoms with van der Waals surface area (Å²) in [6, 6.07) is 13.8. The van der Waals surface area contributed by atoms with E-state index in [0.717, 1.165) is 119 Å². The molecule has 0 aromatic heterocycles. The van der Waals surface area contributed by atoms with Gasteiger partial charge < -0.3 is 58.3 Å². The lowest BCUT2D eigenvalue weighted by molar-refractivity contribution is -0.199. The van der Waals surface area contributed by atoms with Crippen LogP contribution in [0.3, 0.4) is 0 Å². The van der Waals surface area contributed by atoms with Crippen LogP contribution in [0.15, 0.2) is 86.0 Å². The zero-order chi connectivity index (χ0) is 67.8. The Morgan fingerprint density at radius 1 is 0.704 bits per heavy atom. The molecule has 2 aromatic carbocycles. The summed E-state index contributed by atoms with van der Waals surface area (Å²) < 4.78 is 38.9. The van der Waals surface area contributed by atoms with Gasteiger partial charge in [-0.3, -0.25) is 19.4 Å². The highest BCUT2D eigenvalue weighted by Gasteiger charge is 2.70. The Kier molecular flexibility index (Phi) is 23.4. The minimum Gasteiger partial charge on any atom is -0.444 e. The third-order valence-electron chi connectivity index (χ3n) is 24.5. The summed E-state index contributed by atoms with van der Waals surface area (Å²) in [7, 11) is 2.33. The van der Waals surface area contributed by atoms with Crippen molar-refractivity contribution in [2.24, 2.45) is 34.5 Å². The summed E-state index contributed by atoms with van der Waals surface area (Å²) in [5, 5.41) is 6.59. The maximum absolute atomic E-state index is 14.3. The van der Waals surface area contributed by atoms with Gasteiger partial charge in [0.15, 0.2) is 0 Å². The second-order valence-electron chi connectivity index (χ2n) is 31.3. The number of carbonyl (C=O) groups is 6. The molecular weight excluding hydrogens is 1240 g/mol. The Labute approximate surface area is 585 Å². The van der Waals surface area contributed by atoms with Crippen LogP contribution in [0.25, 0.3) is 0 Å². The number of likely N-dealkylation sites (N-methyl/N-ethyl adjacent to an activating group) is 2. The molecule has 13 aliphatic rings. The average Bonchev–Trinajstić information content (AvgIpc) is 1.34. The minimum absolute atomic E-state index is 0. The summed E-state index contributed by atoms with van der Waals surface area (Å²) in [5.41, 5.74) is 4.09. The topological polar surface area (TPSA) is 201 Å². The molecule has 14 atom stereocenters. The van der Waals surface area contributed by atoms with E-state index < -0.39 is 56.3 Å². The van der Waals surface area contributed by atoms with Gasteiger partial charge in [-0.2, -0.15) is 0 Å². The first kappa shape index (κ1) is 74.3. The van der Waals surface area contributed by atoms with Crippen molar-refractivity contribution in [2.75, 3.05) is 40.3 Å². The smallest absolute Gasteiger partial charge is 0.444 e. The van der Waals surface area contributed by atoms with Gasteiger partial charge in [0, 0.05) is 66.2 Å². The van der Waals surface area contributed by atoms with Crippen LogP contribution in [0.2, 0.25) is 0 Å². The fraction of sp³-hybridized carbons (Fsp3) is 0.684. The number of fused-ring (bicyclic) bond motifs is 3. The number of likely N-dealkylation sites (tertiary alicyclic amines) is 1. The number of urea groups is 2. The van der Waals surface area contributed by atoms with E-state index in [1.54, 1.807) is 39.8 Å². The molecule has 6 saturated carbocycles. The lowest BCUT2D eigenvalue weighted by Gasteiger charge is -2.64. The molecule has 8 amide bonds. The van der Waals surface area contributed by atoms with Crippen LogP contribution in [0.4, 0.5) is 19.2 Å². The molecule has 2 aromatic rings. The molecule has 15 rings (SSSR count). The molecule has 7 heterocycles. The molecule has 4 saturated heterocycles. The number of benzene rings is 2. The highest BCUT2D eigenvalue weighted by molar-refractivity contribution is 6.48. The van der Waals surface area contributed by atoms with Crippen LogP contribution < -0.4 is 10.6 Å². The van der Waals surface area contributed by atoms with E-state index >= 15 is 0 Å². The number of carbonyl (C=O) groups excluding carboxylic acids is 6. The van der Waals surface area contributed by atoms with Gasteiger partial charge in [0.1, 0.15) is 24.3 Å². The second kappa shape index (κ2) is 30.9. The molecule has 2 unspecified atom stereocenters. The number of hydrogen-bond donors (Lipinski definition) is 2. The zero-order valence-electron chi connectivity index (χ0n) is 58.4. The molecule has 98 heavy (non-hydrogen) atoms. The molecular formula is C76H114B2N8O12. The quantitative estimate of drug-likeness (QED) is 0.0972. The highest BCUT2D eigenvalue weighted by atomic mass is 16.7. The Balaban J connectivity index is 0.000000208. The minimum atomic E-state index is -0.811. The summed E-state index contributed by atoms with van der Waals surface area (Å²) in [6.07, 6.45) is 22.2. The first-order valence-electron chi connectivity index (χ1n) is 36.2. The Morgan fingerprint density at radius 2 is 1.27 bits per heavy atom. The van der Waals surface area contributed by atoms with E-state index in [9.17, 15) is 28.8 Å². The second-order valence-corrected chi connectivity index (χ2v) is 31.3. The largest absolute Gasteiger partial charge is 0.481 e. The fourth-order valence-electron chi connectivity index (χ4n) is 18.4. The number of allylic oxidation sites excluding steroid dienone is 2. The summed E-state index contributed by atoms with van der Waals surface area (Å²) in [5.74, 6) is 0.861. The van der Waals surface area contributed by atoms with Crippen molar-refractivity contribution in [3.05, 3.63) is 108 Å². The first-order valence-corrected chi connectivity index (χ1v) is 36.2. The summed E-state index contributed by atoms with van der Waals surface area (Å²) in [6.45, 7) is 24.4. The molecule has 2 N–H and O–H groups in total. The Hall–Kier alpha value is -6.35. The van der Waals surface area contributed by atoms with Crippen molar-refractivity contribution in [3.8, 4) is 0 Å². The number of nitrogens with zero attached hydrogens (tertiary/aromatic N) is 6. The SMILES string of the molecule is C.C.C=CCCCCCC[C@H](NC(=O)[C@@H]1C[C@@H](OC(=O)N2Cc3ccccc3C2)CN1C(=O)N(C)CC=C)B1OC2C[C@H]3C[C@H](C3(C)C)[C@@]2(C)O1.CN1C/C=C/CCCCCC[C@@H](B2OC3C[C@H]4C[C@H](C4(C)C)[C@@]3(C)O2)NC(=O)[C@@H]2C[C@@H](OC(=O)N3Cc4ccccc4C3)CN2C1=O. The van der Waals surface area contributed by atoms with Crippen molar-refractivity contribution in [1.29, 1.82) is 0 Å². The van der Waals surface area contributed by atoms with E-state index in [2.05, 4.69) is 71.4 Å². The maximum Gasteiger partial charge on any atom is 0.481 e. The van der Waals surface area contributed by atoms with Crippen LogP contribution in [-0.2, 0) is 63.9 Å². The van der Waals surface area contributed by atoms with Gasteiger partial charge in [0.25, 0.3) is 0 Å². The number of ether oxygens (including phenoxy) is 2. The van der Waals surface area contributed by atoms with Gasteiger partial charge in [0.2, 0.25) is 11.8 Å². The monoisotopic (exact) mass is 1350 g/mol. The van der Waals surface area contributed by atoms with Crippen molar-refractivity contribution < 1.29 is 56.9 Å². The van der Waals surface area contributed by atoms with Crippen LogP contribution >= 0.6 is 0 Å². The lowest BCUT2D eigenvalue weighted by atomic mass is 9.43. The van der Waals surface area contributed by atoms with Gasteiger partial charge in [0.05, 0.1) is 48.4 Å². The van der Waals surface area contributed by atoms with Gasteiger partial charge in [-0.15, -0.1) is 13.2 Å². The zero-order valence-corrected chi connectivity index (χ0v) is 58.4. The average molecular weight is 1350 g/mol. The van der Waals surface area contributed by atoms with Crippen molar-refractivity contribution in [1.82, 2.24) is 40.0 Å². The molecule has 536 valence electrons. The van der Waals surface area contributed by atoms with E-state index in [0.29, 0.717) is 69.4 Å². The number of hydrogen-bond acceptors (Lipinski definition) is 12. The number of nitrogens with one attached hydrogen (secondary N) is 2. The predicted octanol–water partition coefficient (Wildman–Crippen LogP) is 12.7. The van der Waals surface area contributed by atoms with Crippen LogP contribution in [0.5, 0.6) is 0 Å². The van der Waals surface area contributed by atoms with Crippen molar-refractivity contribution in [3.63, 3.8) is 0 Å². The van der Waals surface area contributed by atoms with Gasteiger partial charge in [-0.05, 0) is 135 Å². The maximum atomic E-state index is 14.3. The molecule has 22 heteroatoms. The normalized spacial score (nSPS) is 32.3. The summed E-state index contributed by atoms with van der Waals surface area (Å²) in [4.78, 5) is 92.1. The predicted molar refractivity (Wildman–Crippen MR) is 381 cm³/mol. The molecule has 4 bridgehead atoms. The van der Waals surface area contributed by atoms with Gasteiger partial charge in [-0.1, -0.05) is 154 Å². The van der Waals surface area contributed by atoms with Crippen LogP contribution in [0.1, 0.15) is 194 Å². The van der Waals surface area contributed by atoms with Crippen LogP contribution in [-0.4, -0.2) is 180 Å². The highest BCUT2D eigenvalue weighted by Crippen LogP contribution is 2.67. The molecule has 0 spiro atoms. The van der Waals surface area contributed by atoms with Gasteiger partial charge in [-0.25, -0.2) is 19.2 Å². The number of unbranched alkanes of at least 4 members (excludes halogenated alkanes) is 4. The fourth-order valence-corrected chi connectivity index (χ4v) is 18.4. The molecule has 10 fully saturated rings. The Bertz CT molecular complexity index is 3190. The van der Waals surface area contributed by atoms with Crippen molar-refractivity contribution in [2.45, 2.75) is 258 Å². The number of rotatable bonds is 15. The third-order valence-corrected chi connectivity index (χ3v) is 24.5. The summed E-state index contributed by atoms with van der Waals surface area (Å²) >= 11 is 0. The molecule has 6 aliphatic carbocycles. The Morgan fingerprint density at radius 3 is 1.85 bits per heavy atom. The molecule has 20 nitrogen and oxygen atoms in total. The van der Waals surface area contributed by atoms with Gasteiger partial charge >= 0.3 is 38.5 Å². The van der Waals surface area contributed by atoms with E-state index in [4.69, 9.17) is 28.1 Å². The van der Waals surface area contributed by atoms with E-state index in [1.165, 1.54) is 9.80 Å². The first-order chi connectivity index (χ1) is 46.0. The number of amides is 8. The third kappa shape index (κ3) is 15.0. The molecule has 0 radical (unpaired) electrons. The van der Waals surface area contributed by atoms with E-state index in [-0.39, 0.29) is 105 Å². The van der Waals surface area contributed by atoms with E-state index in [1.807, 2.05) is 60.7 Å². The van der Waals surface area contributed by atoms with Crippen LogP contribution in [0, 0.1) is 34.5 Å². The van der Waals surface area contributed by atoms with Crippen molar-refractivity contribution >= 4 is 50.3 Å². The standard InChI is InChI=1S/C38H55BN4O6.C36H51BN4O6.2CH4/c1-7-9-10-11-12-13-18-33(39-48-32-21-28-20-31(37(28,3)4)38(32,5)49-39)40-34(44)30-22-29(25-43(30)35(45)41(6)19-8-2)47-36(46)42-23-26-16-14-15-17-27(26)24-42;1-35(2)26-18-29(35)36(3)30(19-26)46-37(47-36)31-16-10-8-6-5-7-9-13-17-39(4)33(43)41-23-27(20-28(41)32(42)38-31)45-34(44)40-21-24-14-11-12-15-25(24)22-40;;/h7-8,14-17,28-33H,1-2,9-13,18-25H2,3-6H3,(H,40,44);9,11-15,26-31H,5-8,10,16-23H2,1-4H3,(H,38,42);2*1H4/b;13-9+;;/t28-,29-,30+,31-,32?,33+,38-;26-,27-,28+,29-,30?,31+,36-;;/m11../s1. The lowest BCUT2D eigenvalue weighted by Crippen LogP contribution is -2.65.